The average molecular weight is 230 g/mol. The Morgan fingerprint density at radius 3 is 2.76 bits per heavy atom. The van der Waals surface area contributed by atoms with Gasteiger partial charge in [-0.2, -0.15) is 0 Å². The number of pyridine rings is 1. The minimum absolute atomic E-state index is 0.200. The zero-order valence-corrected chi connectivity index (χ0v) is 10.5. The van der Waals surface area contributed by atoms with Gasteiger partial charge >= 0.3 is 0 Å². The van der Waals surface area contributed by atoms with E-state index >= 15 is 0 Å². The normalized spacial score (nSPS) is 11.7. The molecule has 1 aromatic heterocycles. The van der Waals surface area contributed by atoms with Gasteiger partial charge in [0.15, 0.2) is 0 Å². The largest absolute Gasteiger partial charge is 0.486 e. The third kappa shape index (κ3) is 2.33. The van der Waals surface area contributed by atoms with Gasteiger partial charge in [0, 0.05) is 23.2 Å². The molecular formula is C14H18N2O. The molecule has 2 N–H and O–H groups in total. The van der Waals surface area contributed by atoms with Gasteiger partial charge in [-0.25, -0.2) is 0 Å². The van der Waals surface area contributed by atoms with Gasteiger partial charge in [-0.15, -0.1) is 0 Å². The molecule has 0 fully saturated rings. The topological polar surface area (TPSA) is 48.1 Å². The first kappa shape index (κ1) is 11.7. The van der Waals surface area contributed by atoms with Gasteiger partial charge in [0.2, 0.25) is 0 Å². The highest BCUT2D eigenvalue weighted by Crippen LogP contribution is 2.32. The quantitative estimate of drug-likeness (QED) is 0.822. The molecular weight excluding hydrogens is 212 g/mol. The minimum Gasteiger partial charge on any atom is -0.486 e. The van der Waals surface area contributed by atoms with E-state index in [0.717, 1.165) is 22.9 Å². The maximum Gasteiger partial charge on any atom is 0.143 e. The summed E-state index contributed by atoms with van der Waals surface area (Å²) in [4.78, 5) is 4.08. The summed E-state index contributed by atoms with van der Waals surface area (Å²) >= 11 is 0. The third-order valence-corrected chi connectivity index (χ3v) is 3.06. The van der Waals surface area contributed by atoms with Gasteiger partial charge in [-0.1, -0.05) is 6.92 Å². The molecule has 17 heavy (non-hydrogen) atoms. The fourth-order valence-corrected chi connectivity index (χ4v) is 1.63. The summed E-state index contributed by atoms with van der Waals surface area (Å²) in [7, 11) is 0. The number of rotatable bonds is 3. The van der Waals surface area contributed by atoms with E-state index in [4.69, 9.17) is 10.5 Å². The lowest BCUT2D eigenvalue weighted by molar-refractivity contribution is 0.106. The van der Waals surface area contributed by atoms with E-state index in [-0.39, 0.29) is 5.60 Å². The summed E-state index contributed by atoms with van der Waals surface area (Å²) in [6.45, 7) is 6.22. The Kier molecular flexibility index (Phi) is 2.92. The fraction of sp³-hybridized carbons (Fsp3) is 0.357. The predicted octanol–water partition coefficient (Wildman–Crippen LogP) is 3.38. The summed E-state index contributed by atoms with van der Waals surface area (Å²) in [6.07, 6.45) is 4.48. The highest BCUT2D eigenvalue weighted by molar-refractivity contribution is 5.95. The van der Waals surface area contributed by atoms with E-state index in [2.05, 4.69) is 25.8 Å². The van der Waals surface area contributed by atoms with Gasteiger partial charge in [0.05, 0.1) is 5.69 Å². The van der Waals surface area contributed by atoms with Crippen molar-refractivity contribution < 1.29 is 4.74 Å². The molecule has 0 saturated carbocycles. The van der Waals surface area contributed by atoms with Crippen LogP contribution in [0.4, 0.5) is 5.69 Å². The number of hydrogen-bond acceptors (Lipinski definition) is 3. The molecule has 2 aromatic rings. The second-order valence-corrected chi connectivity index (χ2v) is 4.79. The van der Waals surface area contributed by atoms with Crippen LogP contribution < -0.4 is 10.5 Å². The van der Waals surface area contributed by atoms with Crippen LogP contribution in [0, 0.1) is 0 Å². The number of anilines is 1. The SMILES string of the molecule is CCC(C)(C)Oc1ccc2cnccc2c1N. The summed E-state index contributed by atoms with van der Waals surface area (Å²) in [5.41, 5.74) is 6.62. The summed E-state index contributed by atoms with van der Waals surface area (Å²) in [5.74, 6) is 0.746. The van der Waals surface area contributed by atoms with Crippen molar-refractivity contribution in [3.63, 3.8) is 0 Å². The highest BCUT2D eigenvalue weighted by Gasteiger charge is 2.18. The van der Waals surface area contributed by atoms with E-state index in [1.54, 1.807) is 12.4 Å². The van der Waals surface area contributed by atoms with E-state index in [9.17, 15) is 0 Å². The number of benzene rings is 1. The van der Waals surface area contributed by atoms with E-state index in [1.807, 2.05) is 18.2 Å². The molecule has 0 amide bonds. The van der Waals surface area contributed by atoms with Crippen molar-refractivity contribution in [2.45, 2.75) is 32.8 Å². The van der Waals surface area contributed by atoms with E-state index in [1.165, 1.54) is 0 Å². The number of aromatic nitrogens is 1. The molecule has 0 spiro atoms. The fourth-order valence-electron chi connectivity index (χ4n) is 1.63. The maximum absolute atomic E-state index is 6.13. The monoisotopic (exact) mass is 230 g/mol. The Balaban J connectivity index is 2.46. The summed E-state index contributed by atoms with van der Waals surface area (Å²) in [5, 5.41) is 2.02. The van der Waals surface area contributed by atoms with Crippen LogP contribution in [-0.4, -0.2) is 10.6 Å². The first-order valence-electron chi connectivity index (χ1n) is 5.85. The molecule has 0 unspecified atom stereocenters. The van der Waals surface area contributed by atoms with Crippen molar-refractivity contribution in [2.75, 3.05) is 5.73 Å². The first-order valence-corrected chi connectivity index (χ1v) is 5.85. The number of nitrogens with zero attached hydrogens (tertiary/aromatic N) is 1. The second kappa shape index (κ2) is 4.24. The molecule has 0 aliphatic carbocycles. The Labute approximate surface area is 102 Å². The van der Waals surface area contributed by atoms with Crippen LogP contribution in [0.15, 0.2) is 30.6 Å². The molecule has 1 aromatic carbocycles. The zero-order chi connectivity index (χ0) is 12.5. The van der Waals surface area contributed by atoms with Crippen LogP contribution in [0.3, 0.4) is 0 Å². The first-order chi connectivity index (χ1) is 8.03. The van der Waals surface area contributed by atoms with Gasteiger partial charge in [-0.05, 0) is 38.5 Å². The molecule has 3 heteroatoms. The second-order valence-electron chi connectivity index (χ2n) is 4.79. The smallest absolute Gasteiger partial charge is 0.143 e. The van der Waals surface area contributed by atoms with Crippen molar-refractivity contribution in [3.05, 3.63) is 30.6 Å². The Morgan fingerprint density at radius 1 is 1.29 bits per heavy atom. The van der Waals surface area contributed by atoms with Gasteiger partial charge in [-0.3, -0.25) is 4.98 Å². The zero-order valence-electron chi connectivity index (χ0n) is 10.5. The Morgan fingerprint density at radius 2 is 2.06 bits per heavy atom. The predicted molar refractivity (Wildman–Crippen MR) is 71.2 cm³/mol. The number of nitrogen functional groups attached to an aromatic ring is 1. The Bertz CT molecular complexity index is 535. The maximum atomic E-state index is 6.13. The van der Waals surface area contributed by atoms with E-state index in [0.29, 0.717) is 5.69 Å². The number of nitrogens with two attached hydrogens (primary N) is 1. The molecule has 0 bridgehead atoms. The number of hydrogen-bond donors (Lipinski definition) is 1. The van der Waals surface area contributed by atoms with Crippen molar-refractivity contribution in [1.82, 2.24) is 4.98 Å². The summed E-state index contributed by atoms with van der Waals surface area (Å²) < 4.78 is 5.94. The van der Waals surface area contributed by atoms with Crippen LogP contribution in [0.5, 0.6) is 5.75 Å². The van der Waals surface area contributed by atoms with Gasteiger partial charge < -0.3 is 10.5 Å². The summed E-state index contributed by atoms with van der Waals surface area (Å²) in [6, 6.07) is 5.81. The molecule has 0 aliphatic heterocycles. The van der Waals surface area contributed by atoms with Crippen molar-refractivity contribution >= 4 is 16.5 Å². The van der Waals surface area contributed by atoms with Crippen LogP contribution in [0.1, 0.15) is 27.2 Å². The van der Waals surface area contributed by atoms with Crippen LogP contribution >= 0.6 is 0 Å². The van der Waals surface area contributed by atoms with E-state index < -0.39 is 0 Å². The molecule has 0 radical (unpaired) electrons. The molecule has 1 heterocycles. The lowest BCUT2D eigenvalue weighted by atomic mass is 10.1. The average Bonchev–Trinajstić information content (AvgIpc) is 2.33. The molecule has 0 saturated heterocycles. The number of ether oxygens (including phenoxy) is 1. The van der Waals surface area contributed by atoms with Crippen LogP contribution in [0.2, 0.25) is 0 Å². The molecule has 3 nitrogen and oxygen atoms in total. The van der Waals surface area contributed by atoms with Crippen molar-refractivity contribution in [1.29, 1.82) is 0 Å². The third-order valence-electron chi connectivity index (χ3n) is 3.06. The van der Waals surface area contributed by atoms with Crippen molar-refractivity contribution in [2.24, 2.45) is 0 Å². The lowest BCUT2D eigenvalue weighted by Crippen LogP contribution is -2.27. The highest BCUT2D eigenvalue weighted by atomic mass is 16.5. The van der Waals surface area contributed by atoms with Crippen LogP contribution in [-0.2, 0) is 0 Å². The molecule has 0 atom stereocenters. The van der Waals surface area contributed by atoms with Gasteiger partial charge in [0.1, 0.15) is 11.4 Å². The minimum atomic E-state index is -0.200. The Hall–Kier alpha value is -1.77. The standard InChI is InChI=1S/C14H18N2O/c1-4-14(2,3)17-12-6-5-10-9-16-8-7-11(10)13(12)15/h5-9H,4,15H2,1-3H3. The lowest BCUT2D eigenvalue weighted by Gasteiger charge is -2.26. The molecule has 2 rings (SSSR count). The molecule has 0 aliphatic rings. The number of fused-ring (bicyclic) bond motifs is 1. The van der Waals surface area contributed by atoms with Crippen molar-refractivity contribution in [3.8, 4) is 5.75 Å². The molecule has 90 valence electrons. The van der Waals surface area contributed by atoms with Gasteiger partial charge in [0.25, 0.3) is 0 Å². The van der Waals surface area contributed by atoms with Crippen LogP contribution in [0.25, 0.3) is 10.8 Å².